The zero-order valence-electron chi connectivity index (χ0n) is 41.0. The molecule has 2 aromatic heterocycles. The molecule has 0 N–H and O–H groups in total. The van der Waals surface area contributed by atoms with Crippen LogP contribution in [0.5, 0.6) is 0 Å². The standard InChI is InChI=1S/C72H48N2O/c1-2-14-49(15-3-1)50-28-30-55(31-29-50)58-16-12-17-61(48-58)73(60-46-42-54(43-47-60)52-34-38-57(39-35-52)63-22-13-23-67-66-21-7-11-27-71(66)75-72(63)67)59-44-40-53(41-45-59)51-32-36-56(37-33-51)62-18-4-8-24-68(62)74-69-25-9-5-19-64(69)65-20-6-10-26-70(65)74/h1-48H. The average molecular weight is 957 g/mol. The van der Waals surface area contributed by atoms with E-state index < -0.39 is 0 Å². The zero-order valence-corrected chi connectivity index (χ0v) is 41.0. The van der Waals surface area contributed by atoms with E-state index in [1.807, 2.05) is 12.1 Å². The van der Waals surface area contributed by atoms with Gasteiger partial charge in [-0.3, -0.25) is 0 Å². The van der Waals surface area contributed by atoms with Crippen molar-refractivity contribution in [3.05, 3.63) is 291 Å². The highest BCUT2D eigenvalue weighted by Crippen LogP contribution is 2.42. The van der Waals surface area contributed by atoms with Crippen LogP contribution in [0.3, 0.4) is 0 Å². The van der Waals surface area contributed by atoms with E-state index in [0.717, 1.165) is 77.9 Å². The van der Waals surface area contributed by atoms with Crippen LogP contribution >= 0.6 is 0 Å². The minimum Gasteiger partial charge on any atom is -0.455 e. The molecule has 0 amide bonds. The molecule has 75 heavy (non-hydrogen) atoms. The Morgan fingerprint density at radius 2 is 0.653 bits per heavy atom. The van der Waals surface area contributed by atoms with Gasteiger partial charge in [-0.05, 0) is 116 Å². The van der Waals surface area contributed by atoms with Crippen molar-refractivity contribution in [1.29, 1.82) is 0 Å². The minimum absolute atomic E-state index is 0.908. The van der Waals surface area contributed by atoms with Crippen LogP contribution < -0.4 is 4.90 Å². The highest BCUT2D eigenvalue weighted by Gasteiger charge is 2.18. The first-order valence-corrected chi connectivity index (χ1v) is 25.6. The van der Waals surface area contributed by atoms with Crippen molar-refractivity contribution < 1.29 is 4.42 Å². The maximum Gasteiger partial charge on any atom is 0.143 e. The Hall–Kier alpha value is -9.96. The maximum absolute atomic E-state index is 6.39. The van der Waals surface area contributed by atoms with Gasteiger partial charge in [-0.15, -0.1) is 0 Å². The van der Waals surface area contributed by atoms with E-state index in [1.165, 1.54) is 55.3 Å². The summed E-state index contributed by atoms with van der Waals surface area (Å²) in [5.74, 6) is 0. The first-order valence-electron chi connectivity index (χ1n) is 25.6. The first kappa shape index (κ1) is 43.8. The fourth-order valence-electron chi connectivity index (χ4n) is 11.1. The van der Waals surface area contributed by atoms with E-state index in [1.54, 1.807) is 0 Å². The van der Waals surface area contributed by atoms with Gasteiger partial charge < -0.3 is 13.9 Å². The summed E-state index contributed by atoms with van der Waals surface area (Å²) in [6.45, 7) is 0. The van der Waals surface area contributed by atoms with E-state index >= 15 is 0 Å². The molecule has 0 aliphatic carbocycles. The third-order valence-corrected chi connectivity index (χ3v) is 14.9. The summed E-state index contributed by atoms with van der Waals surface area (Å²) in [5.41, 5.74) is 22.6. The van der Waals surface area contributed by atoms with Crippen LogP contribution in [-0.2, 0) is 0 Å². The Bertz CT molecular complexity index is 4300. The van der Waals surface area contributed by atoms with Gasteiger partial charge in [-0.25, -0.2) is 0 Å². The molecule has 0 unspecified atom stereocenters. The summed E-state index contributed by atoms with van der Waals surface area (Å²) in [7, 11) is 0. The Labute approximate surface area is 436 Å². The lowest BCUT2D eigenvalue weighted by Gasteiger charge is -2.26. The van der Waals surface area contributed by atoms with Crippen molar-refractivity contribution in [2.24, 2.45) is 0 Å². The summed E-state index contributed by atoms with van der Waals surface area (Å²) >= 11 is 0. The molecule has 0 bridgehead atoms. The lowest BCUT2D eigenvalue weighted by molar-refractivity contribution is 0.670. The van der Waals surface area contributed by atoms with E-state index in [2.05, 4.69) is 289 Å². The Balaban J connectivity index is 0.786. The molecule has 0 aliphatic rings. The molecule has 0 atom stereocenters. The quantitative estimate of drug-likeness (QED) is 0.136. The van der Waals surface area contributed by atoms with Crippen molar-refractivity contribution in [1.82, 2.24) is 4.57 Å². The van der Waals surface area contributed by atoms with Gasteiger partial charge in [0.1, 0.15) is 11.2 Å². The normalized spacial score (nSPS) is 11.5. The molecule has 2 heterocycles. The molecule has 0 radical (unpaired) electrons. The van der Waals surface area contributed by atoms with Crippen molar-refractivity contribution >= 4 is 60.8 Å². The highest BCUT2D eigenvalue weighted by molar-refractivity contribution is 6.11. The second kappa shape index (κ2) is 18.6. The molecule has 0 spiro atoms. The van der Waals surface area contributed by atoms with Gasteiger partial charge in [-0.1, -0.05) is 231 Å². The number of hydrogen-bond acceptors (Lipinski definition) is 2. The fourth-order valence-corrected chi connectivity index (χ4v) is 11.1. The van der Waals surface area contributed by atoms with Crippen molar-refractivity contribution in [2.75, 3.05) is 4.90 Å². The second-order valence-electron chi connectivity index (χ2n) is 19.2. The van der Waals surface area contributed by atoms with E-state index in [4.69, 9.17) is 4.42 Å². The molecule has 14 aromatic rings. The predicted octanol–water partition coefficient (Wildman–Crippen LogP) is 20.2. The Morgan fingerprint density at radius 3 is 1.25 bits per heavy atom. The van der Waals surface area contributed by atoms with Gasteiger partial charge in [0.05, 0.1) is 16.7 Å². The van der Waals surface area contributed by atoms with Gasteiger partial charge in [0.25, 0.3) is 0 Å². The number of anilines is 3. The molecule has 3 heteroatoms. The van der Waals surface area contributed by atoms with Crippen LogP contribution in [0.15, 0.2) is 296 Å². The van der Waals surface area contributed by atoms with Crippen molar-refractivity contribution in [3.8, 4) is 72.4 Å². The SMILES string of the molecule is c1ccc(-c2ccc(-c3cccc(N(c4ccc(-c5ccc(-c6ccccc6-n6c7ccccc7c7ccccc76)cc5)cc4)c4ccc(-c5ccc(-c6cccc7c6oc6ccccc67)cc5)cc4)c3)cc2)cc1. The fraction of sp³-hybridized carbons (Fsp3) is 0. The minimum atomic E-state index is 0.908. The number of furan rings is 1. The van der Waals surface area contributed by atoms with E-state index in [9.17, 15) is 0 Å². The van der Waals surface area contributed by atoms with Crippen LogP contribution in [0, 0.1) is 0 Å². The lowest BCUT2D eigenvalue weighted by Crippen LogP contribution is -2.10. The largest absolute Gasteiger partial charge is 0.455 e. The van der Waals surface area contributed by atoms with Crippen molar-refractivity contribution in [3.63, 3.8) is 0 Å². The molecule has 0 aliphatic heterocycles. The Morgan fingerprint density at radius 1 is 0.253 bits per heavy atom. The molecule has 0 fully saturated rings. The summed E-state index contributed by atoms with van der Waals surface area (Å²) < 4.78 is 8.80. The number of benzene rings is 12. The van der Waals surface area contributed by atoms with E-state index in [-0.39, 0.29) is 0 Å². The third-order valence-electron chi connectivity index (χ3n) is 14.9. The smallest absolute Gasteiger partial charge is 0.143 e. The summed E-state index contributed by atoms with van der Waals surface area (Å²) in [4.78, 5) is 2.36. The number of fused-ring (bicyclic) bond motifs is 6. The molecule has 0 saturated carbocycles. The number of nitrogens with zero attached hydrogens (tertiary/aromatic N) is 2. The predicted molar refractivity (Wildman–Crippen MR) is 315 cm³/mol. The first-order chi connectivity index (χ1) is 37.2. The molecule has 352 valence electrons. The van der Waals surface area contributed by atoms with E-state index in [0.29, 0.717) is 0 Å². The van der Waals surface area contributed by atoms with Gasteiger partial charge in [0, 0.05) is 49.7 Å². The number of para-hydroxylation sites is 5. The number of hydrogen-bond donors (Lipinski definition) is 0. The van der Waals surface area contributed by atoms with Crippen LogP contribution in [-0.4, -0.2) is 4.57 Å². The van der Waals surface area contributed by atoms with Crippen LogP contribution in [0.2, 0.25) is 0 Å². The van der Waals surface area contributed by atoms with Crippen LogP contribution in [0.25, 0.3) is 116 Å². The van der Waals surface area contributed by atoms with Crippen LogP contribution in [0.1, 0.15) is 0 Å². The summed E-state index contributed by atoms with van der Waals surface area (Å²) in [6.07, 6.45) is 0. The maximum atomic E-state index is 6.39. The molecule has 14 rings (SSSR count). The molecule has 0 saturated heterocycles. The lowest BCUT2D eigenvalue weighted by atomic mass is 9.98. The monoisotopic (exact) mass is 956 g/mol. The van der Waals surface area contributed by atoms with Crippen LogP contribution in [0.4, 0.5) is 17.1 Å². The van der Waals surface area contributed by atoms with Gasteiger partial charge >= 0.3 is 0 Å². The number of aromatic nitrogens is 1. The van der Waals surface area contributed by atoms with Gasteiger partial charge in [0.2, 0.25) is 0 Å². The molecular weight excluding hydrogens is 909 g/mol. The number of rotatable bonds is 10. The van der Waals surface area contributed by atoms with Crippen molar-refractivity contribution in [2.45, 2.75) is 0 Å². The summed E-state index contributed by atoms with van der Waals surface area (Å²) in [6, 6.07) is 105. The van der Waals surface area contributed by atoms with Gasteiger partial charge in [-0.2, -0.15) is 0 Å². The Kier molecular flexibility index (Phi) is 10.8. The highest BCUT2D eigenvalue weighted by atomic mass is 16.3. The molecule has 3 nitrogen and oxygen atoms in total. The van der Waals surface area contributed by atoms with Gasteiger partial charge in [0.15, 0.2) is 0 Å². The molecule has 12 aromatic carbocycles. The average Bonchev–Trinajstić information content (AvgIpc) is 4.06. The second-order valence-corrected chi connectivity index (χ2v) is 19.2. The summed E-state index contributed by atoms with van der Waals surface area (Å²) in [5, 5.41) is 4.79. The molecular formula is C72H48N2O. The topological polar surface area (TPSA) is 21.3 Å². The third kappa shape index (κ3) is 7.95. The zero-order chi connectivity index (χ0) is 49.7.